The van der Waals surface area contributed by atoms with E-state index in [0.717, 1.165) is 21.8 Å². The second-order valence-electron chi connectivity index (χ2n) is 3.92. The van der Waals surface area contributed by atoms with Crippen LogP contribution in [-0.4, -0.2) is 13.0 Å². The maximum atomic E-state index is 13.6. The van der Waals surface area contributed by atoms with Gasteiger partial charge in [-0.3, -0.25) is 0 Å². The first-order chi connectivity index (χ1) is 8.78. The van der Waals surface area contributed by atoms with Crippen LogP contribution in [0.3, 0.4) is 0 Å². The Morgan fingerprint density at radius 3 is 2.72 bits per heavy atom. The molecule has 0 aromatic heterocycles. The largest absolute Gasteiger partial charge is 0.494 e. The third kappa shape index (κ3) is 1.93. The van der Waals surface area contributed by atoms with Crippen molar-refractivity contribution < 1.29 is 13.9 Å². The van der Waals surface area contributed by atoms with Crippen LogP contribution in [0.5, 0.6) is 11.5 Å². The molecule has 2 nitrogen and oxygen atoms in total. The van der Waals surface area contributed by atoms with Gasteiger partial charge in [0.1, 0.15) is 11.7 Å². The number of hydrogen-bond donors (Lipinski definition) is 0. The van der Waals surface area contributed by atoms with Crippen molar-refractivity contribution in [3.8, 4) is 22.6 Å². The van der Waals surface area contributed by atoms with E-state index >= 15 is 0 Å². The number of benzene rings is 2. The molecule has 0 atom stereocenters. The molecule has 0 amide bonds. The Morgan fingerprint density at radius 1 is 1.17 bits per heavy atom. The molecule has 1 aliphatic heterocycles. The molecule has 0 N–H and O–H groups in total. The van der Waals surface area contributed by atoms with Crippen LogP contribution in [0.15, 0.2) is 41.3 Å². The summed E-state index contributed by atoms with van der Waals surface area (Å²) in [5, 5.41) is 0. The SMILES string of the molecule is COc1ccc(-c2ccc3c(c2)OCS3)cc1F. The smallest absolute Gasteiger partial charge is 0.165 e. The van der Waals surface area contributed by atoms with Gasteiger partial charge in [-0.05, 0) is 35.4 Å². The standard InChI is InChI=1S/C14H11FO2S/c1-16-12-4-2-9(6-11(12)15)10-3-5-14-13(7-10)17-8-18-14/h2-7H,8H2,1H3. The molecule has 4 heteroatoms. The highest BCUT2D eigenvalue weighted by Gasteiger charge is 2.14. The number of ether oxygens (including phenoxy) is 2. The first-order valence-electron chi connectivity index (χ1n) is 5.51. The summed E-state index contributed by atoms with van der Waals surface area (Å²) in [5.74, 6) is 1.42. The van der Waals surface area contributed by atoms with Crippen LogP contribution in [0.2, 0.25) is 0 Å². The van der Waals surface area contributed by atoms with Crippen molar-refractivity contribution in [1.29, 1.82) is 0 Å². The zero-order valence-electron chi connectivity index (χ0n) is 9.77. The minimum Gasteiger partial charge on any atom is -0.494 e. The number of hydrogen-bond acceptors (Lipinski definition) is 3. The summed E-state index contributed by atoms with van der Waals surface area (Å²) in [6.45, 7) is 0. The van der Waals surface area contributed by atoms with Gasteiger partial charge < -0.3 is 9.47 Å². The summed E-state index contributed by atoms with van der Waals surface area (Å²) in [6.07, 6.45) is 0. The average Bonchev–Trinajstić information content (AvgIpc) is 2.85. The molecular formula is C14H11FO2S. The number of rotatable bonds is 2. The monoisotopic (exact) mass is 262 g/mol. The Balaban J connectivity index is 2.02. The van der Waals surface area contributed by atoms with Gasteiger partial charge >= 0.3 is 0 Å². The number of thioether (sulfide) groups is 1. The van der Waals surface area contributed by atoms with Gasteiger partial charge in [-0.15, -0.1) is 0 Å². The Labute approximate surface area is 109 Å². The summed E-state index contributed by atoms with van der Waals surface area (Å²) in [4.78, 5) is 1.13. The van der Waals surface area contributed by atoms with E-state index < -0.39 is 0 Å². The van der Waals surface area contributed by atoms with Gasteiger partial charge in [0, 0.05) is 0 Å². The van der Waals surface area contributed by atoms with E-state index in [1.54, 1.807) is 17.8 Å². The zero-order valence-corrected chi connectivity index (χ0v) is 10.6. The molecule has 2 aromatic rings. The maximum absolute atomic E-state index is 13.6. The van der Waals surface area contributed by atoms with E-state index in [1.165, 1.54) is 13.2 Å². The molecule has 1 aliphatic rings. The molecule has 0 aliphatic carbocycles. The third-order valence-corrected chi connectivity index (χ3v) is 3.74. The lowest BCUT2D eigenvalue weighted by Gasteiger charge is -2.06. The second kappa shape index (κ2) is 4.53. The molecule has 0 spiro atoms. The van der Waals surface area contributed by atoms with E-state index in [0.29, 0.717) is 5.94 Å². The molecule has 0 bridgehead atoms. The summed E-state index contributed by atoms with van der Waals surface area (Å²) >= 11 is 1.66. The zero-order chi connectivity index (χ0) is 12.5. The highest BCUT2D eigenvalue weighted by atomic mass is 32.2. The predicted octanol–water partition coefficient (Wildman–Crippen LogP) is 3.94. The summed E-state index contributed by atoms with van der Waals surface area (Å²) in [7, 11) is 1.46. The molecule has 1 heterocycles. The van der Waals surface area contributed by atoms with Crippen molar-refractivity contribution >= 4 is 11.8 Å². The van der Waals surface area contributed by atoms with Crippen LogP contribution >= 0.6 is 11.8 Å². The van der Waals surface area contributed by atoms with Crippen molar-refractivity contribution in [1.82, 2.24) is 0 Å². The fraction of sp³-hybridized carbons (Fsp3) is 0.143. The molecular weight excluding hydrogens is 251 g/mol. The van der Waals surface area contributed by atoms with Gasteiger partial charge in [0.05, 0.1) is 12.0 Å². The van der Waals surface area contributed by atoms with E-state index in [4.69, 9.17) is 9.47 Å². The van der Waals surface area contributed by atoms with E-state index in [-0.39, 0.29) is 11.6 Å². The first-order valence-corrected chi connectivity index (χ1v) is 6.50. The number of fused-ring (bicyclic) bond motifs is 1. The Hall–Kier alpha value is -1.68. The Kier molecular flexibility index (Phi) is 2.88. The normalized spacial score (nSPS) is 13.0. The van der Waals surface area contributed by atoms with Gasteiger partial charge in [-0.25, -0.2) is 4.39 Å². The highest BCUT2D eigenvalue weighted by Crippen LogP contribution is 2.39. The van der Waals surface area contributed by atoms with Crippen LogP contribution < -0.4 is 9.47 Å². The van der Waals surface area contributed by atoms with Crippen LogP contribution in [-0.2, 0) is 0 Å². The van der Waals surface area contributed by atoms with Gasteiger partial charge in [-0.1, -0.05) is 23.9 Å². The van der Waals surface area contributed by atoms with Crippen LogP contribution in [0.1, 0.15) is 0 Å². The number of methoxy groups -OCH3 is 1. The summed E-state index contributed by atoms with van der Waals surface area (Å²) in [5.41, 5.74) is 1.76. The van der Waals surface area contributed by atoms with Crippen molar-refractivity contribution in [3.05, 3.63) is 42.2 Å². The fourth-order valence-corrected chi connectivity index (χ4v) is 2.66. The predicted molar refractivity (Wildman–Crippen MR) is 69.7 cm³/mol. The molecule has 0 saturated carbocycles. The Morgan fingerprint density at radius 2 is 1.94 bits per heavy atom. The van der Waals surface area contributed by atoms with Gasteiger partial charge in [-0.2, -0.15) is 0 Å². The van der Waals surface area contributed by atoms with Crippen molar-refractivity contribution in [2.24, 2.45) is 0 Å². The lowest BCUT2D eigenvalue weighted by atomic mass is 10.1. The fourth-order valence-electron chi connectivity index (χ4n) is 1.92. The summed E-state index contributed by atoms with van der Waals surface area (Å²) in [6, 6.07) is 10.9. The lowest BCUT2D eigenvalue weighted by molar-refractivity contribution is 0.386. The van der Waals surface area contributed by atoms with Crippen molar-refractivity contribution in [2.45, 2.75) is 4.90 Å². The van der Waals surface area contributed by atoms with E-state index in [9.17, 15) is 4.39 Å². The summed E-state index contributed by atoms with van der Waals surface area (Å²) < 4.78 is 24.0. The molecule has 92 valence electrons. The molecule has 0 unspecified atom stereocenters. The minimum absolute atomic E-state index is 0.256. The van der Waals surface area contributed by atoms with Gasteiger partial charge in [0.15, 0.2) is 11.6 Å². The molecule has 2 aromatic carbocycles. The first kappa shape index (κ1) is 11.4. The van der Waals surface area contributed by atoms with Gasteiger partial charge in [0.25, 0.3) is 0 Å². The van der Waals surface area contributed by atoms with Crippen molar-refractivity contribution in [3.63, 3.8) is 0 Å². The average molecular weight is 262 g/mol. The topological polar surface area (TPSA) is 18.5 Å². The molecule has 18 heavy (non-hydrogen) atoms. The molecule has 0 radical (unpaired) electrons. The Bertz CT molecular complexity index is 598. The molecule has 0 fully saturated rings. The molecule has 0 saturated heterocycles. The highest BCUT2D eigenvalue weighted by molar-refractivity contribution is 7.99. The van der Waals surface area contributed by atoms with Crippen LogP contribution in [0.4, 0.5) is 4.39 Å². The van der Waals surface area contributed by atoms with Gasteiger partial charge in [0.2, 0.25) is 0 Å². The van der Waals surface area contributed by atoms with E-state index in [1.807, 2.05) is 24.3 Å². The van der Waals surface area contributed by atoms with Crippen LogP contribution in [0, 0.1) is 5.82 Å². The quantitative estimate of drug-likeness (QED) is 0.816. The van der Waals surface area contributed by atoms with E-state index in [2.05, 4.69) is 0 Å². The third-order valence-electron chi connectivity index (χ3n) is 2.86. The van der Waals surface area contributed by atoms with Crippen molar-refractivity contribution in [2.75, 3.05) is 13.0 Å². The maximum Gasteiger partial charge on any atom is 0.165 e. The molecule has 3 rings (SSSR count). The minimum atomic E-state index is -0.356. The second-order valence-corrected chi connectivity index (χ2v) is 4.88. The van der Waals surface area contributed by atoms with Crippen LogP contribution in [0.25, 0.3) is 11.1 Å². The lowest BCUT2D eigenvalue weighted by Crippen LogP contribution is -1.89. The number of halogens is 1.